The van der Waals surface area contributed by atoms with Crippen molar-refractivity contribution < 1.29 is 0 Å². The summed E-state index contributed by atoms with van der Waals surface area (Å²) in [5, 5.41) is 7.93. The van der Waals surface area contributed by atoms with Crippen LogP contribution in [0.2, 0.25) is 0 Å². The molecule has 0 saturated heterocycles. The number of hydrogen-bond donors (Lipinski definition) is 2. The minimum atomic E-state index is -0.188. The molecule has 0 amide bonds. The lowest BCUT2D eigenvalue weighted by atomic mass is 9.72. The summed E-state index contributed by atoms with van der Waals surface area (Å²) in [6, 6.07) is 28.6. The summed E-state index contributed by atoms with van der Waals surface area (Å²) in [5.74, 6) is 1.16. The molecule has 0 unspecified atom stereocenters. The van der Waals surface area contributed by atoms with E-state index in [9.17, 15) is 0 Å². The second-order valence-electron chi connectivity index (χ2n) is 9.32. The summed E-state index contributed by atoms with van der Waals surface area (Å²) >= 11 is 5.55. The highest BCUT2D eigenvalue weighted by atomic mass is 32.1. The molecule has 0 aliphatic heterocycles. The monoisotopic (exact) mass is 490 g/mol. The van der Waals surface area contributed by atoms with E-state index in [0.29, 0.717) is 23.0 Å². The van der Waals surface area contributed by atoms with Gasteiger partial charge in [0.05, 0.1) is 17.1 Å². The molecule has 0 bridgehead atoms. The molecule has 1 fully saturated rings. The first-order valence-electron chi connectivity index (χ1n) is 12.1. The first kappa shape index (κ1) is 22.5. The lowest BCUT2D eigenvalue weighted by Gasteiger charge is -2.38. The van der Waals surface area contributed by atoms with E-state index in [1.54, 1.807) is 4.52 Å². The van der Waals surface area contributed by atoms with Crippen LogP contribution in [0.4, 0.5) is 5.69 Å². The Labute approximate surface area is 215 Å². The van der Waals surface area contributed by atoms with Crippen LogP contribution in [0.1, 0.15) is 30.7 Å². The maximum atomic E-state index is 6.55. The minimum absolute atomic E-state index is 0.188. The van der Waals surface area contributed by atoms with Crippen molar-refractivity contribution in [1.82, 2.24) is 19.6 Å². The molecular weight excluding hydrogens is 464 g/mol. The van der Waals surface area contributed by atoms with E-state index in [-0.39, 0.29) is 5.54 Å². The van der Waals surface area contributed by atoms with Crippen molar-refractivity contribution in [1.29, 1.82) is 0 Å². The fourth-order valence-corrected chi connectivity index (χ4v) is 4.91. The van der Waals surface area contributed by atoms with Crippen LogP contribution in [0.15, 0.2) is 91.1 Å². The number of benzene rings is 3. The highest BCUT2D eigenvalue weighted by Crippen LogP contribution is 2.39. The number of para-hydroxylation sites is 1. The van der Waals surface area contributed by atoms with Gasteiger partial charge in [-0.15, -0.1) is 5.10 Å². The van der Waals surface area contributed by atoms with Crippen molar-refractivity contribution in [2.45, 2.75) is 31.2 Å². The second kappa shape index (κ2) is 9.26. The van der Waals surface area contributed by atoms with Crippen LogP contribution in [0.3, 0.4) is 0 Å². The molecule has 2 aromatic heterocycles. The normalized spacial score (nSPS) is 14.4. The Morgan fingerprint density at radius 3 is 2.25 bits per heavy atom. The summed E-state index contributed by atoms with van der Waals surface area (Å²) in [6.07, 6.45) is 5.69. The number of rotatable bonds is 6. The quantitative estimate of drug-likeness (QED) is 0.294. The molecular formula is C29H26N6S. The maximum Gasteiger partial charge on any atom is 0.253 e. The Kier molecular flexibility index (Phi) is 5.79. The Bertz CT molecular complexity index is 1520. The van der Waals surface area contributed by atoms with Crippen LogP contribution in [0, 0.1) is 0 Å². The molecule has 1 saturated carbocycles. The molecule has 0 radical (unpaired) electrons. The minimum Gasteiger partial charge on any atom is -0.350 e. The third kappa shape index (κ3) is 4.39. The molecule has 0 atom stereocenters. The molecule has 1 aliphatic carbocycles. The van der Waals surface area contributed by atoms with Gasteiger partial charge in [0.25, 0.3) is 5.78 Å². The summed E-state index contributed by atoms with van der Waals surface area (Å²) < 4.78 is 1.74. The Hall–Kier alpha value is -3.94. The number of fused-ring (bicyclic) bond motifs is 1. The van der Waals surface area contributed by atoms with E-state index >= 15 is 0 Å². The summed E-state index contributed by atoms with van der Waals surface area (Å²) in [6.45, 7) is 0. The Morgan fingerprint density at radius 1 is 0.889 bits per heavy atom. The molecule has 2 heterocycles. The fraction of sp³-hybridized carbons (Fsp3) is 0.172. The van der Waals surface area contributed by atoms with Crippen LogP contribution in [-0.4, -0.2) is 24.6 Å². The van der Waals surface area contributed by atoms with Gasteiger partial charge in [-0.1, -0.05) is 85.0 Å². The van der Waals surface area contributed by atoms with Gasteiger partial charge >= 0.3 is 0 Å². The van der Waals surface area contributed by atoms with Gasteiger partial charge in [-0.2, -0.15) is 4.98 Å². The van der Waals surface area contributed by atoms with Gasteiger partial charge in [-0.3, -0.25) is 0 Å². The predicted molar refractivity (Wildman–Crippen MR) is 148 cm³/mol. The van der Waals surface area contributed by atoms with Gasteiger partial charge in [0, 0.05) is 28.6 Å². The van der Waals surface area contributed by atoms with Crippen LogP contribution in [-0.2, 0) is 12.0 Å². The molecule has 6 rings (SSSR count). The number of nitrogens with one attached hydrogen (secondary N) is 1. The van der Waals surface area contributed by atoms with Gasteiger partial charge < -0.3 is 11.1 Å². The molecule has 178 valence electrons. The SMILES string of the molecule is NC1(c2ccc(-c3nc4nc(CC(=S)Nc5ccccc5)nn4cc3-c3ccccc3)cc2)CCC1. The zero-order valence-corrected chi connectivity index (χ0v) is 20.6. The van der Waals surface area contributed by atoms with Crippen LogP contribution < -0.4 is 11.1 Å². The highest BCUT2D eigenvalue weighted by molar-refractivity contribution is 7.80. The van der Waals surface area contributed by atoms with Crippen molar-refractivity contribution >= 4 is 28.7 Å². The number of hydrogen-bond acceptors (Lipinski definition) is 5. The maximum absolute atomic E-state index is 6.55. The van der Waals surface area contributed by atoms with Crippen LogP contribution >= 0.6 is 12.2 Å². The second-order valence-corrected chi connectivity index (χ2v) is 9.81. The molecule has 1 aliphatic rings. The van der Waals surface area contributed by atoms with Gasteiger partial charge in [0.15, 0.2) is 5.82 Å². The first-order valence-corrected chi connectivity index (χ1v) is 12.5. The molecule has 36 heavy (non-hydrogen) atoms. The summed E-state index contributed by atoms with van der Waals surface area (Å²) in [5.41, 5.74) is 12.4. The Balaban J connectivity index is 1.36. The smallest absolute Gasteiger partial charge is 0.253 e. The topological polar surface area (TPSA) is 81.1 Å². The number of thiocarbonyl (C=S) groups is 1. The van der Waals surface area contributed by atoms with Crippen molar-refractivity contribution in [3.8, 4) is 22.4 Å². The van der Waals surface area contributed by atoms with Gasteiger partial charge in [-0.05, 0) is 42.5 Å². The van der Waals surface area contributed by atoms with Crippen molar-refractivity contribution in [3.63, 3.8) is 0 Å². The zero-order chi connectivity index (χ0) is 24.5. The average molecular weight is 491 g/mol. The summed E-state index contributed by atoms with van der Waals surface area (Å²) in [7, 11) is 0. The first-order chi connectivity index (χ1) is 17.6. The lowest BCUT2D eigenvalue weighted by molar-refractivity contribution is 0.253. The van der Waals surface area contributed by atoms with Crippen molar-refractivity contribution in [3.05, 3.63) is 103 Å². The third-order valence-corrected chi connectivity index (χ3v) is 7.06. The van der Waals surface area contributed by atoms with Crippen molar-refractivity contribution in [2.24, 2.45) is 5.73 Å². The van der Waals surface area contributed by atoms with Crippen LogP contribution in [0.25, 0.3) is 28.2 Å². The van der Waals surface area contributed by atoms with Crippen LogP contribution in [0.5, 0.6) is 0 Å². The molecule has 5 aromatic rings. The van der Waals surface area contributed by atoms with Crippen molar-refractivity contribution in [2.75, 3.05) is 5.32 Å². The number of anilines is 1. The lowest BCUT2D eigenvalue weighted by Crippen LogP contribution is -2.43. The van der Waals surface area contributed by atoms with E-state index < -0.39 is 0 Å². The predicted octanol–water partition coefficient (Wildman–Crippen LogP) is 5.78. The fourth-order valence-electron chi connectivity index (χ4n) is 4.67. The standard InChI is InChI=1S/C29H26N6S/c30-29(16-7-17-29)22-14-12-21(13-15-22)27-24(20-8-3-1-4-9-20)19-35-28(33-27)32-25(34-35)18-26(36)31-23-10-5-2-6-11-23/h1-6,8-15,19H,7,16-18,30H2,(H,31,36). The molecule has 7 heteroatoms. The van der Waals surface area contributed by atoms with Gasteiger partial charge in [0.1, 0.15) is 0 Å². The molecule has 0 spiro atoms. The van der Waals surface area contributed by atoms with E-state index in [4.69, 9.17) is 22.9 Å². The van der Waals surface area contributed by atoms with E-state index in [0.717, 1.165) is 40.9 Å². The van der Waals surface area contributed by atoms with E-state index in [1.807, 2.05) is 54.7 Å². The molecule has 3 N–H and O–H groups in total. The Morgan fingerprint density at radius 2 is 1.58 bits per heavy atom. The average Bonchev–Trinajstić information content (AvgIpc) is 3.28. The van der Waals surface area contributed by atoms with Gasteiger partial charge in [0.2, 0.25) is 0 Å². The van der Waals surface area contributed by atoms with E-state index in [1.165, 1.54) is 12.0 Å². The zero-order valence-electron chi connectivity index (χ0n) is 19.8. The third-order valence-electron chi connectivity index (χ3n) is 6.82. The van der Waals surface area contributed by atoms with Gasteiger partial charge in [-0.25, -0.2) is 9.50 Å². The number of aromatic nitrogens is 4. The van der Waals surface area contributed by atoms with E-state index in [2.05, 4.69) is 51.8 Å². The number of nitrogens with two attached hydrogens (primary N) is 1. The molecule has 3 aromatic carbocycles. The summed E-state index contributed by atoms with van der Waals surface area (Å²) in [4.78, 5) is 10.3. The highest BCUT2D eigenvalue weighted by Gasteiger charge is 2.34. The number of nitrogens with zero attached hydrogens (tertiary/aromatic N) is 4. The molecule has 6 nitrogen and oxygen atoms in total. The largest absolute Gasteiger partial charge is 0.350 e.